The van der Waals surface area contributed by atoms with Gasteiger partial charge in [0.2, 0.25) is 5.91 Å². The van der Waals surface area contributed by atoms with Gasteiger partial charge in [0.1, 0.15) is 0 Å². The van der Waals surface area contributed by atoms with E-state index in [-0.39, 0.29) is 11.8 Å². The highest BCUT2D eigenvalue weighted by atomic mass is 35.5. The van der Waals surface area contributed by atoms with Gasteiger partial charge in [-0.3, -0.25) is 4.79 Å². The van der Waals surface area contributed by atoms with Gasteiger partial charge in [-0.25, -0.2) is 0 Å². The van der Waals surface area contributed by atoms with E-state index in [9.17, 15) is 4.79 Å². The number of hydrogen-bond donors (Lipinski definition) is 1. The number of carbonyl (C=O) groups excluding carboxylic acids is 1. The fourth-order valence-electron chi connectivity index (χ4n) is 2.00. The number of rotatable bonds is 4. The molecular formula is C12H22ClNO. The summed E-state index contributed by atoms with van der Waals surface area (Å²) in [4.78, 5) is 11.8. The van der Waals surface area contributed by atoms with Crippen molar-refractivity contribution >= 4 is 17.5 Å². The Kier molecular flexibility index (Phi) is 5.44. The zero-order valence-corrected chi connectivity index (χ0v) is 10.5. The topological polar surface area (TPSA) is 29.1 Å². The molecule has 0 aromatic carbocycles. The van der Waals surface area contributed by atoms with Crippen LogP contribution in [0.1, 0.15) is 39.5 Å². The highest BCUT2D eigenvalue weighted by Crippen LogP contribution is 2.28. The van der Waals surface area contributed by atoms with E-state index in [0.29, 0.717) is 18.3 Å². The summed E-state index contributed by atoms with van der Waals surface area (Å²) in [6.45, 7) is 5.04. The summed E-state index contributed by atoms with van der Waals surface area (Å²) in [5.74, 6) is 2.28. The molecular weight excluding hydrogens is 210 g/mol. The molecule has 1 rings (SSSR count). The molecule has 1 fully saturated rings. The highest BCUT2D eigenvalue weighted by molar-refractivity contribution is 6.18. The Balaban J connectivity index is 2.22. The van der Waals surface area contributed by atoms with E-state index in [0.717, 1.165) is 18.8 Å². The van der Waals surface area contributed by atoms with Gasteiger partial charge in [-0.2, -0.15) is 0 Å². The van der Waals surface area contributed by atoms with Crippen LogP contribution in [0.15, 0.2) is 0 Å². The van der Waals surface area contributed by atoms with E-state index in [2.05, 4.69) is 19.2 Å². The third kappa shape index (κ3) is 4.42. The van der Waals surface area contributed by atoms with Gasteiger partial charge in [0.15, 0.2) is 0 Å². The lowest BCUT2D eigenvalue weighted by atomic mass is 9.82. The molecule has 1 amide bonds. The van der Waals surface area contributed by atoms with E-state index < -0.39 is 0 Å². The molecule has 1 saturated carbocycles. The molecule has 0 aromatic heterocycles. The minimum Gasteiger partial charge on any atom is -0.356 e. The first-order valence-corrected chi connectivity index (χ1v) is 6.50. The third-order valence-electron chi connectivity index (χ3n) is 3.27. The zero-order valence-electron chi connectivity index (χ0n) is 9.76. The van der Waals surface area contributed by atoms with Crippen LogP contribution in [0.5, 0.6) is 0 Å². The molecule has 1 aliphatic carbocycles. The fraction of sp³-hybridized carbons (Fsp3) is 0.917. The maximum Gasteiger partial charge on any atom is 0.223 e. The number of nitrogens with one attached hydrogen (secondary N) is 1. The summed E-state index contributed by atoms with van der Waals surface area (Å²) in [6, 6.07) is 0. The second kappa shape index (κ2) is 6.37. The number of amides is 1. The lowest BCUT2D eigenvalue weighted by Gasteiger charge is -2.25. The van der Waals surface area contributed by atoms with Crippen molar-refractivity contribution < 1.29 is 4.79 Å². The van der Waals surface area contributed by atoms with Crippen molar-refractivity contribution in [3.05, 3.63) is 0 Å². The van der Waals surface area contributed by atoms with Gasteiger partial charge in [0, 0.05) is 18.3 Å². The van der Waals surface area contributed by atoms with Gasteiger partial charge in [-0.05, 0) is 37.5 Å². The van der Waals surface area contributed by atoms with Crippen molar-refractivity contribution in [3.8, 4) is 0 Å². The number of carbonyl (C=O) groups is 1. The Morgan fingerprint density at radius 2 is 2.00 bits per heavy atom. The molecule has 2 nitrogen and oxygen atoms in total. The van der Waals surface area contributed by atoms with Crippen LogP contribution in [-0.2, 0) is 4.79 Å². The summed E-state index contributed by atoms with van der Waals surface area (Å²) < 4.78 is 0. The molecule has 1 aliphatic rings. The third-order valence-corrected chi connectivity index (χ3v) is 3.80. The van der Waals surface area contributed by atoms with Crippen LogP contribution >= 0.6 is 11.6 Å². The average molecular weight is 232 g/mol. The molecule has 3 heteroatoms. The zero-order chi connectivity index (χ0) is 11.3. The van der Waals surface area contributed by atoms with Gasteiger partial charge in [-0.1, -0.05) is 13.8 Å². The van der Waals surface area contributed by atoms with Gasteiger partial charge >= 0.3 is 0 Å². The minimum absolute atomic E-state index is 0.235. The van der Waals surface area contributed by atoms with E-state index in [1.54, 1.807) is 0 Å². The van der Waals surface area contributed by atoms with Gasteiger partial charge in [0.25, 0.3) is 0 Å². The van der Waals surface area contributed by atoms with E-state index >= 15 is 0 Å². The summed E-state index contributed by atoms with van der Waals surface area (Å²) in [5, 5.41) is 2.99. The molecule has 0 bridgehead atoms. The molecule has 1 unspecified atom stereocenters. The number of hydrogen-bond acceptors (Lipinski definition) is 1. The summed E-state index contributed by atoms with van der Waals surface area (Å²) in [7, 11) is 0. The summed E-state index contributed by atoms with van der Waals surface area (Å²) >= 11 is 5.69. The number of halogens is 1. The first-order valence-electron chi connectivity index (χ1n) is 5.97. The Bertz CT molecular complexity index is 200. The second-order valence-electron chi connectivity index (χ2n) is 4.96. The van der Waals surface area contributed by atoms with Crippen LogP contribution in [0.4, 0.5) is 0 Å². The molecule has 0 heterocycles. The molecule has 0 spiro atoms. The normalized spacial score (nSPS) is 28.5. The fourth-order valence-corrected chi connectivity index (χ4v) is 2.11. The van der Waals surface area contributed by atoms with Crippen molar-refractivity contribution in [2.75, 3.05) is 12.4 Å². The molecule has 0 saturated heterocycles. The summed E-state index contributed by atoms with van der Waals surface area (Å²) in [6.07, 6.45) is 4.51. The van der Waals surface area contributed by atoms with Crippen LogP contribution in [-0.4, -0.2) is 18.3 Å². The van der Waals surface area contributed by atoms with Crippen molar-refractivity contribution in [1.29, 1.82) is 0 Å². The Hall–Kier alpha value is -0.240. The van der Waals surface area contributed by atoms with Crippen LogP contribution in [0.25, 0.3) is 0 Å². The standard InChI is InChI=1S/C12H22ClNO/c1-9-3-5-11(6-4-9)12(15)14-8-10(2)7-13/h9-11H,3-8H2,1-2H3,(H,14,15). The highest BCUT2D eigenvalue weighted by Gasteiger charge is 2.24. The second-order valence-corrected chi connectivity index (χ2v) is 5.27. The monoisotopic (exact) mass is 231 g/mol. The van der Waals surface area contributed by atoms with Gasteiger partial charge in [-0.15, -0.1) is 11.6 Å². The quantitative estimate of drug-likeness (QED) is 0.741. The van der Waals surface area contributed by atoms with Crippen molar-refractivity contribution in [2.24, 2.45) is 17.8 Å². The maximum absolute atomic E-state index is 11.8. The van der Waals surface area contributed by atoms with E-state index in [1.165, 1.54) is 12.8 Å². The molecule has 0 radical (unpaired) electrons. The molecule has 0 aromatic rings. The molecule has 1 N–H and O–H groups in total. The largest absolute Gasteiger partial charge is 0.356 e. The SMILES string of the molecule is CC1CCC(C(=O)NCC(C)CCl)CC1. The lowest BCUT2D eigenvalue weighted by molar-refractivity contribution is -0.126. The summed E-state index contributed by atoms with van der Waals surface area (Å²) in [5.41, 5.74) is 0. The van der Waals surface area contributed by atoms with Crippen molar-refractivity contribution in [1.82, 2.24) is 5.32 Å². The molecule has 15 heavy (non-hydrogen) atoms. The molecule has 1 atom stereocenters. The Labute approximate surface area is 97.8 Å². The van der Waals surface area contributed by atoms with Crippen molar-refractivity contribution in [3.63, 3.8) is 0 Å². The predicted molar refractivity (Wildman–Crippen MR) is 64.0 cm³/mol. The Morgan fingerprint density at radius 3 is 2.53 bits per heavy atom. The van der Waals surface area contributed by atoms with Crippen LogP contribution in [0.2, 0.25) is 0 Å². The average Bonchev–Trinajstić information content (AvgIpc) is 2.26. The van der Waals surface area contributed by atoms with Gasteiger partial charge in [0.05, 0.1) is 0 Å². The van der Waals surface area contributed by atoms with E-state index in [1.807, 2.05) is 0 Å². The predicted octanol–water partition coefficient (Wildman–Crippen LogP) is 2.80. The molecule has 88 valence electrons. The van der Waals surface area contributed by atoms with Crippen molar-refractivity contribution in [2.45, 2.75) is 39.5 Å². The van der Waals surface area contributed by atoms with Crippen LogP contribution in [0, 0.1) is 17.8 Å². The van der Waals surface area contributed by atoms with Crippen LogP contribution in [0.3, 0.4) is 0 Å². The van der Waals surface area contributed by atoms with Crippen LogP contribution < -0.4 is 5.32 Å². The van der Waals surface area contributed by atoms with E-state index in [4.69, 9.17) is 11.6 Å². The maximum atomic E-state index is 11.8. The first kappa shape index (κ1) is 12.8. The smallest absolute Gasteiger partial charge is 0.223 e. The Morgan fingerprint density at radius 1 is 1.40 bits per heavy atom. The minimum atomic E-state index is 0.235. The number of alkyl halides is 1. The van der Waals surface area contributed by atoms with Gasteiger partial charge < -0.3 is 5.32 Å². The molecule has 0 aliphatic heterocycles. The lowest BCUT2D eigenvalue weighted by Crippen LogP contribution is -2.35. The first-order chi connectivity index (χ1) is 7.13.